The number of nitrogens with zero attached hydrogens (tertiary/aromatic N) is 2. The van der Waals surface area contributed by atoms with Gasteiger partial charge in [0.15, 0.2) is 0 Å². The van der Waals surface area contributed by atoms with E-state index in [0.717, 1.165) is 42.0 Å². The van der Waals surface area contributed by atoms with E-state index >= 15 is 0 Å². The van der Waals surface area contributed by atoms with Gasteiger partial charge in [0.25, 0.3) is 0 Å². The summed E-state index contributed by atoms with van der Waals surface area (Å²) in [6.07, 6.45) is 27.5. The van der Waals surface area contributed by atoms with Gasteiger partial charge in [-0.3, -0.25) is 0 Å². The lowest BCUT2D eigenvalue weighted by molar-refractivity contribution is 0.283. The molecule has 0 N–H and O–H groups in total. The summed E-state index contributed by atoms with van der Waals surface area (Å²) in [5.41, 5.74) is 22.5. The van der Waals surface area contributed by atoms with Crippen molar-refractivity contribution >= 4 is 45.3 Å². The van der Waals surface area contributed by atoms with Crippen LogP contribution >= 0.6 is 0 Å². The van der Waals surface area contributed by atoms with Gasteiger partial charge in [0, 0.05) is 57.3 Å². The molecule has 0 aromatic heterocycles. The molecule has 7 aliphatic rings. The molecule has 354 valence electrons. The summed E-state index contributed by atoms with van der Waals surface area (Å²) in [6, 6.07) is 79.8. The summed E-state index contributed by atoms with van der Waals surface area (Å²) >= 11 is 0. The van der Waals surface area contributed by atoms with Gasteiger partial charge in [-0.25, -0.2) is 0 Å². The number of hydrogen-bond acceptors (Lipinski definition) is 2. The maximum atomic E-state index is 2.62. The molecule has 7 unspecified atom stereocenters. The Morgan fingerprint density at radius 2 is 0.959 bits per heavy atom. The van der Waals surface area contributed by atoms with E-state index in [4.69, 9.17) is 0 Å². The zero-order chi connectivity index (χ0) is 48.8. The number of rotatable bonds is 8. The lowest BCUT2D eigenvalue weighted by atomic mass is 9.56. The molecule has 0 heterocycles. The van der Waals surface area contributed by atoms with Crippen LogP contribution in [-0.4, -0.2) is 0 Å². The fraction of sp³-hybridized carbons (Fsp3) is 0.139. The van der Waals surface area contributed by atoms with Crippen molar-refractivity contribution in [1.29, 1.82) is 0 Å². The van der Waals surface area contributed by atoms with Crippen LogP contribution in [-0.2, 0) is 10.8 Å². The van der Waals surface area contributed by atoms with E-state index in [0.29, 0.717) is 0 Å². The first kappa shape index (κ1) is 43.2. The highest BCUT2D eigenvalue weighted by molar-refractivity contribution is 5.97. The van der Waals surface area contributed by atoms with Crippen LogP contribution in [0.5, 0.6) is 0 Å². The van der Waals surface area contributed by atoms with Crippen LogP contribution < -0.4 is 9.80 Å². The Kier molecular flexibility index (Phi) is 9.96. The summed E-state index contributed by atoms with van der Waals surface area (Å²) in [4.78, 5) is 4.90. The zero-order valence-corrected chi connectivity index (χ0v) is 41.4. The van der Waals surface area contributed by atoms with Gasteiger partial charge in [-0.15, -0.1) is 0 Å². The van der Waals surface area contributed by atoms with E-state index in [1.165, 1.54) is 67.0 Å². The molecule has 7 atom stereocenters. The second-order valence-corrected chi connectivity index (χ2v) is 21.3. The van der Waals surface area contributed by atoms with Gasteiger partial charge in [-0.05, 0) is 165 Å². The number of allylic oxidation sites excluding steroid dienone is 14. The van der Waals surface area contributed by atoms with Crippen molar-refractivity contribution in [3.8, 4) is 0 Å². The van der Waals surface area contributed by atoms with Crippen LogP contribution in [0, 0.1) is 23.7 Å². The Bertz CT molecular complexity index is 3650. The first-order chi connectivity index (χ1) is 36.7. The number of para-hydroxylation sites is 4. The summed E-state index contributed by atoms with van der Waals surface area (Å²) in [7, 11) is 0. The van der Waals surface area contributed by atoms with Gasteiger partial charge < -0.3 is 9.80 Å². The van der Waals surface area contributed by atoms with Crippen molar-refractivity contribution in [3.05, 3.63) is 323 Å². The van der Waals surface area contributed by atoms with Gasteiger partial charge in [0.05, 0.1) is 5.41 Å². The summed E-state index contributed by atoms with van der Waals surface area (Å²) in [5.74, 6) is 1.32. The summed E-state index contributed by atoms with van der Waals surface area (Å²) in [5, 5.41) is 0. The first-order valence-electron chi connectivity index (χ1n) is 26.8. The predicted octanol–water partition coefficient (Wildman–Crippen LogP) is 18.0. The topological polar surface area (TPSA) is 6.48 Å². The smallest absolute Gasteiger partial charge is 0.0535 e. The summed E-state index contributed by atoms with van der Waals surface area (Å²) < 4.78 is 0. The van der Waals surface area contributed by atoms with Crippen LogP contribution in [0.3, 0.4) is 0 Å². The normalized spacial score (nSPS) is 25.0. The van der Waals surface area contributed by atoms with Crippen molar-refractivity contribution in [1.82, 2.24) is 0 Å². The molecule has 2 nitrogen and oxygen atoms in total. The molecular formula is C72H56N2. The van der Waals surface area contributed by atoms with Gasteiger partial charge in [-0.2, -0.15) is 0 Å². The molecular weight excluding hydrogens is 893 g/mol. The zero-order valence-electron chi connectivity index (χ0n) is 41.4. The van der Waals surface area contributed by atoms with Crippen molar-refractivity contribution in [2.24, 2.45) is 23.7 Å². The Morgan fingerprint density at radius 3 is 1.57 bits per heavy atom. The average molecular weight is 949 g/mol. The number of benzene rings is 8. The third-order valence-corrected chi connectivity index (χ3v) is 18.0. The molecule has 0 aliphatic heterocycles. The van der Waals surface area contributed by atoms with Crippen LogP contribution in [0.15, 0.2) is 284 Å². The molecule has 0 bridgehead atoms. The number of hydrogen-bond donors (Lipinski definition) is 0. The van der Waals surface area contributed by atoms with Crippen LogP contribution in [0.4, 0.5) is 34.1 Å². The second-order valence-electron chi connectivity index (χ2n) is 21.3. The Morgan fingerprint density at radius 1 is 0.419 bits per heavy atom. The quantitative estimate of drug-likeness (QED) is 0.150. The van der Waals surface area contributed by atoms with E-state index in [9.17, 15) is 0 Å². The van der Waals surface area contributed by atoms with E-state index < -0.39 is 0 Å². The predicted molar refractivity (Wildman–Crippen MR) is 307 cm³/mol. The third kappa shape index (κ3) is 6.12. The first-order valence-corrected chi connectivity index (χ1v) is 26.8. The lowest BCUT2D eigenvalue weighted by Gasteiger charge is -2.46. The third-order valence-electron chi connectivity index (χ3n) is 18.0. The molecule has 0 saturated carbocycles. The molecule has 7 aliphatic carbocycles. The van der Waals surface area contributed by atoms with Crippen LogP contribution in [0.25, 0.3) is 11.1 Å². The van der Waals surface area contributed by atoms with E-state index in [1.54, 1.807) is 5.57 Å². The lowest BCUT2D eigenvalue weighted by Crippen LogP contribution is -2.42. The SMILES string of the molecule is C1=CCC(C2(c3ccccc3)c3cc(N(c4ccccc4)c4ccccc4)ccc3C3=C4C=CC5=C(c6ccc(N(c7ccccc7)c7ccccc7)cc6C56c5ccccc5C5C=CC=CC56)C4CCC32)C=C1. The fourth-order valence-electron chi connectivity index (χ4n) is 15.4. The highest BCUT2D eigenvalue weighted by Crippen LogP contribution is 2.71. The molecule has 0 saturated heterocycles. The minimum absolute atomic E-state index is 0.239. The minimum Gasteiger partial charge on any atom is -0.310 e. The van der Waals surface area contributed by atoms with Crippen molar-refractivity contribution in [2.45, 2.75) is 36.0 Å². The molecule has 1 spiro atoms. The molecule has 8 aromatic rings. The molecule has 0 radical (unpaired) electrons. The average Bonchev–Trinajstić information content (AvgIpc) is 4.15. The molecule has 0 fully saturated rings. The van der Waals surface area contributed by atoms with Crippen LogP contribution in [0.2, 0.25) is 0 Å². The van der Waals surface area contributed by atoms with Gasteiger partial charge in [0.2, 0.25) is 0 Å². The Labute approximate surface area is 435 Å². The van der Waals surface area contributed by atoms with Gasteiger partial charge in [0.1, 0.15) is 0 Å². The Balaban J connectivity index is 0.972. The van der Waals surface area contributed by atoms with Crippen molar-refractivity contribution in [2.75, 3.05) is 9.80 Å². The van der Waals surface area contributed by atoms with Gasteiger partial charge in [-0.1, -0.05) is 200 Å². The van der Waals surface area contributed by atoms with Gasteiger partial charge >= 0.3 is 0 Å². The molecule has 15 rings (SSSR count). The number of anilines is 6. The molecule has 8 aromatic carbocycles. The monoisotopic (exact) mass is 948 g/mol. The molecule has 2 heteroatoms. The summed E-state index contributed by atoms with van der Waals surface area (Å²) in [6.45, 7) is 0. The number of fused-ring (bicyclic) bond motifs is 14. The fourth-order valence-corrected chi connectivity index (χ4v) is 15.4. The highest BCUT2D eigenvalue weighted by atomic mass is 15.1. The maximum Gasteiger partial charge on any atom is 0.0535 e. The van der Waals surface area contributed by atoms with Crippen molar-refractivity contribution in [3.63, 3.8) is 0 Å². The Hall–Kier alpha value is -8.46. The van der Waals surface area contributed by atoms with E-state index in [-0.39, 0.29) is 40.4 Å². The largest absolute Gasteiger partial charge is 0.310 e. The van der Waals surface area contributed by atoms with E-state index in [1.807, 2.05) is 0 Å². The van der Waals surface area contributed by atoms with Crippen molar-refractivity contribution < 1.29 is 0 Å². The second kappa shape index (κ2) is 17.1. The van der Waals surface area contributed by atoms with Crippen LogP contribution in [0.1, 0.15) is 64.1 Å². The minimum atomic E-state index is -0.361. The highest BCUT2D eigenvalue weighted by Gasteiger charge is 2.61. The maximum absolute atomic E-state index is 2.62. The standard InChI is InChI=1S/C72H56N2/c1-7-23-49(24-8-1)71(50-25-9-2-10-26-50)65-45-43-60-59(69(65)61-41-39-55(47-67(61)71)73(51-27-11-3-12-28-51)52-29-13-4-14-30-52)44-46-66-70(60)62-42-40-56(74(53-31-15-5-16-32-53)54-33-17-6-18-34-54)48-68(62)72(66)63-37-21-19-35-57(63)58-36-20-22-38-64(58)72/h1-25,27-42,44,46-48,50,57,60,63,65H,26,43,45H2. The van der Waals surface area contributed by atoms with E-state index in [2.05, 4.69) is 283 Å². The molecule has 74 heavy (non-hydrogen) atoms. The molecule has 0 amide bonds.